The Morgan fingerprint density at radius 1 is 1.50 bits per heavy atom. The van der Waals surface area contributed by atoms with Crippen molar-refractivity contribution in [3.05, 3.63) is 33.5 Å². The number of aliphatic hydroxyl groups excluding tert-OH is 1. The molecule has 0 aliphatic rings. The van der Waals surface area contributed by atoms with E-state index in [1.165, 1.54) is 13.2 Å². The first-order valence-electron chi connectivity index (χ1n) is 4.25. The Labute approximate surface area is 90.8 Å². The molecule has 0 radical (unpaired) electrons. The van der Waals surface area contributed by atoms with Crippen LogP contribution in [0.3, 0.4) is 0 Å². The van der Waals surface area contributed by atoms with Gasteiger partial charge in [0.25, 0.3) is 0 Å². The van der Waals surface area contributed by atoms with Crippen LogP contribution in [0.2, 0.25) is 0 Å². The molecule has 0 heterocycles. The maximum Gasteiger partial charge on any atom is 0.130 e. The third-order valence-corrected chi connectivity index (χ3v) is 2.60. The minimum absolute atomic E-state index is 0.0233. The van der Waals surface area contributed by atoms with Crippen molar-refractivity contribution in [3.63, 3.8) is 0 Å². The molecule has 0 aliphatic heterocycles. The van der Waals surface area contributed by atoms with Gasteiger partial charge in [-0.05, 0) is 24.1 Å². The molecule has 4 heteroatoms. The molecule has 0 saturated heterocycles. The Morgan fingerprint density at radius 3 is 2.71 bits per heavy atom. The molecule has 14 heavy (non-hydrogen) atoms. The minimum atomic E-state index is -0.301. The highest BCUT2D eigenvalue weighted by Crippen LogP contribution is 2.23. The summed E-state index contributed by atoms with van der Waals surface area (Å²) in [6.07, 6.45) is 0.461. The number of methoxy groups -OCH3 is 1. The molecule has 0 spiro atoms. The van der Waals surface area contributed by atoms with Gasteiger partial charge in [0.2, 0.25) is 0 Å². The topological polar surface area (TPSA) is 29.5 Å². The van der Waals surface area contributed by atoms with Gasteiger partial charge in [0.1, 0.15) is 5.82 Å². The van der Waals surface area contributed by atoms with E-state index in [2.05, 4.69) is 15.9 Å². The maximum absolute atomic E-state index is 13.4. The van der Waals surface area contributed by atoms with E-state index in [1.54, 1.807) is 6.07 Å². The first-order chi connectivity index (χ1) is 6.69. The first kappa shape index (κ1) is 11.6. The number of rotatable bonds is 4. The van der Waals surface area contributed by atoms with E-state index >= 15 is 0 Å². The van der Waals surface area contributed by atoms with Crippen LogP contribution in [0.1, 0.15) is 11.1 Å². The monoisotopic (exact) mass is 262 g/mol. The number of benzene rings is 1. The molecule has 1 aromatic rings. The highest BCUT2D eigenvalue weighted by Gasteiger charge is 2.08. The van der Waals surface area contributed by atoms with Crippen LogP contribution >= 0.6 is 15.9 Å². The highest BCUT2D eigenvalue weighted by molar-refractivity contribution is 9.10. The smallest absolute Gasteiger partial charge is 0.130 e. The molecule has 0 unspecified atom stereocenters. The quantitative estimate of drug-likeness (QED) is 0.902. The fraction of sp³-hybridized carbons (Fsp3) is 0.400. The molecule has 0 atom stereocenters. The van der Waals surface area contributed by atoms with Gasteiger partial charge < -0.3 is 9.84 Å². The zero-order valence-electron chi connectivity index (χ0n) is 7.89. The SMILES string of the molecule is COCc1c(F)cc(CCO)cc1Br. The summed E-state index contributed by atoms with van der Waals surface area (Å²) in [6.45, 7) is 0.265. The van der Waals surface area contributed by atoms with E-state index in [4.69, 9.17) is 9.84 Å². The van der Waals surface area contributed by atoms with Crippen molar-refractivity contribution in [2.75, 3.05) is 13.7 Å². The molecule has 78 valence electrons. The Balaban J connectivity index is 2.98. The summed E-state index contributed by atoms with van der Waals surface area (Å²) in [6, 6.07) is 3.23. The van der Waals surface area contributed by atoms with Crippen LogP contribution < -0.4 is 0 Å². The minimum Gasteiger partial charge on any atom is -0.396 e. The van der Waals surface area contributed by atoms with Crippen molar-refractivity contribution in [2.45, 2.75) is 13.0 Å². The van der Waals surface area contributed by atoms with Gasteiger partial charge in [0, 0.05) is 23.8 Å². The summed E-state index contributed by atoms with van der Waals surface area (Å²) in [7, 11) is 1.52. The van der Waals surface area contributed by atoms with Crippen LogP contribution in [-0.4, -0.2) is 18.8 Å². The number of ether oxygens (including phenoxy) is 1. The molecule has 2 nitrogen and oxygen atoms in total. The van der Waals surface area contributed by atoms with Crippen molar-refractivity contribution in [1.29, 1.82) is 0 Å². The fourth-order valence-electron chi connectivity index (χ4n) is 1.21. The Morgan fingerprint density at radius 2 is 2.21 bits per heavy atom. The molecular weight excluding hydrogens is 251 g/mol. The predicted molar refractivity (Wildman–Crippen MR) is 55.6 cm³/mol. The third-order valence-electron chi connectivity index (χ3n) is 1.89. The number of halogens is 2. The molecule has 0 aromatic heterocycles. The molecule has 0 bridgehead atoms. The molecule has 0 amide bonds. The summed E-state index contributed by atoms with van der Waals surface area (Å²) in [5.41, 5.74) is 1.28. The largest absolute Gasteiger partial charge is 0.396 e. The fourth-order valence-corrected chi connectivity index (χ4v) is 1.81. The van der Waals surface area contributed by atoms with E-state index in [1.807, 2.05) is 0 Å². The maximum atomic E-state index is 13.4. The summed E-state index contributed by atoms with van der Waals surface area (Å²) < 4.78 is 19.0. The van der Waals surface area contributed by atoms with E-state index in [9.17, 15) is 4.39 Å². The summed E-state index contributed by atoms with van der Waals surface area (Å²) >= 11 is 3.27. The Kier molecular flexibility index (Phi) is 4.51. The summed E-state index contributed by atoms with van der Waals surface area (Å²) in [5, 5.41) is 8.71. The van der Waals surface area contributed by atoms with E-state index in [0.29, 0.717) is 16.5 Å². The van der Waals surface area contributed by atoms with Crippen LogP contribution in [0.4, 0.5) is 4.39 Å². The molecule has 1 rings (SSSR count). The first-order valence-corrected chi connectivity index (χ1v) is 5.05. The lowest BCUT2D eigenvalue weighted by atomic mass is 10.1. The van der Waals surface area contributed by atoms with Gasteiger partial charge in [-0.3, -0.25) is 0 Å². The average molecular weight is 263 g/mol. The summed E-state index contributed by atoms with van der Waals surface area (Å²) in [5.74, 6) is -0.301. The van der Waals surface area contributed by atoms with E-state index in [-0.39, 0.29) is 19.0 Å². The average Bonchev–Trinajstić information content (AvgIpc) is 2.12. The number of aliphatic hydroxyl groups is 1. The van der Waals surface area contributed by atoms with Crippen LogP contribution in [0.5, 0.6) is 0 Å². The van der Waals surface area contributed by atoms with Crippen molar-refractivity contribution >= 4 is 15.9 Å². The second-order valence-corrected chi connectivity index (χ2v) is 3.80. The standard InChI is InChI=1S/C10H12BrFO2/c1-14-6-8-9(11)4-7(2-3-13)5-10(8)12/h4-5,13H,2-3,6H2,1H3. The van der Waals surface area contributed by atoms with Crippen LogP contribution in [-0.2, 0) is 17.8 Å². The van der Waals surface area contributed by atoms with E-state index < -0.39 is 0 Å². The number of hydrogen-bond donors (Lipinski definition) is 1. The van der Waals surface area contributed by atoms with Gasteiger partial charge in [0.05, 0.1) is 6.61 Å². The second-order valence-electron chi connectivity index (χ2n) is 2.94. The lowest BCUT2D eigenvalue weighted by Crippen LogP contribution is -1.98. The number of hydrogen-bond acceptors (Lipinski definition) is 2. The molecule has 0 aliphatic carbocycles. The lowest BCUT2D eigenvalue weighted by molar-refractivity contribution is 0.181. The normalized spacial score (nSPS) is 10.6. The zero-order chi connectivity index (χ0) is 10.6. The lowest BCUT2D eigenvalue weighted by Gasteiger charge is -2.07. The third kappa shape index (κ3) is 2.77. The summed E-state index contributed by atoms with van der Waals surface area (Å²) in [4.78, 5) is 0. The Hall–Kier alpha value is -0.450. The molecular formula is C10H12BrFO2. The van der Waals surface area contributed by atoms with E-state index in [0.717, 1.165) is 5.56 Å². The van der Waals surface area contributed by atoms with Gasteiger partial charge in [-0.25, -0.2) is 4.39 Å². The van der Waals surface area contributed by atoms with Crippen molar-refractivity contribution < 1.29 is 14.2 Å². The van der Waals surface area contributed by atoms with Gasteiger partial charge in [0.15, 0.2) is 0 Å². The van der Waals surface area contributed by atoms with Crippen molar-refractivity contribution in [3.8, 4) is 0 Å². The molecule has 1 N–H and O–H groups in total. The van der Waals surface area contributed by atoms with Crippen molar-refractivity contribution in [2.24, 2.45) is 0 Å². The molecule has 0 saturated carbocycles. The van der Waals surface area contributed by atoms with Gasteiger partial charge in [-0.1, -0.05) is 15.9 Å². The van der Waals surface area contributed by atoms with Gasteiger partial charge >= 0.3 is 0 Å². The van der Waals surface area contributed by atoms with Crippen LogP contribution in [0.15, 0.2) is 16.6 Å². The van der Waals surface area contributed by atoms with Crippen molar-refractivity contribution in [1.82, 2.24) is 0 Å². The second kappa shape index (κ2) is 5.44. The zero-order valence-corrected chi connectivity index (χ0v) is 9.47. The highest BCUT2D eigenvalue weighted by atomic mass is 79.9. The Bertz CT molecular complexity index is 292. The van der Waals surface area contributed by atoms with Crippen LogP contribution in [0.25, 0.3) is 0 Å². The van der Waals surface area contributed by atoms with Crippen LogP contribution in [0, 0.1) is 5.82 Å². The van der Waals surface area contributed by atoms with Gasteiger partial charge in [-0.2, -0.15) is 0 Å². The predicted octanol–water partition coefficient (Wildman–Crippen LogP) is 2.27. The van der Waals surface area contributed by atoms with Gasteiger partial charge in [-0.15, -0.1) is 0 Å². The molecule has 1 aromatic carbocycles. The molecule has 0 fully saturated rings.